The first kappa shape index (κ1) is 17.9. The topological polar surface area (TPSA) is 85.4 Å². The summed E-state index contributed by atoms with van der Waals surface area (Å²) in [7, 11) is -3.42. The molecule has 0 bridgehead atoms. The fourth-order valence-corrected chi connectivity index (χ4v) is 2.41. The standard InChI is InChI=1S/C17H20N2O4S/c1-13(24(2,21)22)16(20)19-11-15-9-6-10-18-17(15)23-12-14-7-4-3-5-8-14/h3-10,13H,11-12H2,1-2H3,(H,19,20)/t13-/m1/s1. The van der Waals surface area contributed by atoms with Gasteiger partial charge in [0.25, 0.3) is 0 Å². The molecule has 24 heavy (non-hydrogen) atoms. The van der Waals surface area contributed by atoms with Crippen molar-refractivity contribution in [2.45, 2.75) is 25.3 Å². The third kappa shape index (κ3) is 5.06. The maximum absolute atomic E-state index is 11.9. The van der Waals surface area contributed by atoms with Gasteiger partial charge in [-0.1, -0.05) is 36.4 Å². The third-order valence-electron chi connectivity index (χ3n) is 3.53. The summed E-state index contributed by atoms with van der Waals surface area (Å²) in [5.41, 5.74) is 1.69. The second kappa shape index (κ2) is 7.92. The summed E-state index contributed by atoms with van der Waals surface area (Å²) in [5.74, 6) is -0.135. The Morgan fingerprint density at radius 3 is 2.58 bits per heavy atom. The number of rotatable bonds is 7. The number of aromatic nitrogens is 1. The smallest absolute Gasteiger partial charge is 0.238 e. The zero-order valence-electron chi connectivity index (χ0n) is 13.6. The lowest BCUT2D eigenvalue weighted by Gasteiger charge is -2.13. The molecule has 0 fully saturated rings. The van der Waals surface area contributed by atoms with Crippen molar-refractivity contribution in [1.82, 2.24) is 10.3 Å². The molecule has 1 heterocycles. The summed E-state index contributed by atoms with van der Waals surface area (Å²) >= 11 is 0. The quantitative estimate of drug-likeness (QED) is 0.823. The highest BCUT2D eigenvalue weighted by Gasteiger charge is 2.23. The predicted octanol–water partition coefficient (Wildman–Crippen LogP) is 1.71. The number of carbonyl (C=O) groups excluding carboxylic acids is 1. The lowest BCUT2D eigenvalue weighted by molar-refractivity contribution is -0.120. The van der Waals surface area contributed by atoms with E-state index >= 15 is 0 Å². The Kier molecular flexibility index (Phi) is 5.92. The van der Waals surface area contributed by atoms with E-state index in [-0.39, 0.29) is 6.54 Å². The maximum atomic E-state index is 11.9. The molecule has 0 saturated carbocycles. The first-order valence-electron chi connectivity index (χ1n) is 7.45. The number of carbonyl (C=O) groups is 1. The molecule has 128 valence electrons. The second-order valence-electron chi connectivity index (χ2n) is 5.43. The second-order valence-corrected chi connectivity index (χ2v) is 7.80. The first-order valence-corrected chi connectivity index (χ1v) is 9.40. The van der Waals surface area contributed by atoms with Gasteiger partial charge in [0.15, 0.2) is 9.84 Å². The van der Waals surface area contributed by atoms with Gasteiger partial charge in [-0.05, 0) is 18.6 Å². The third-order valence-corrected chi connectivity index (χ3v) is 5.03. The Bertz CT molecular complexity index is 791. The average Bonchev–Trinajstić information content (AvgIpc) is 2.58. The van der Waals surface area contributed by atoms with Gasteiger partial charge in [0.1, 0.15) is 11.9 Å². The molecule has 1 atom stereocenters. The van der Waals surface area contributed by atoms with E-state index in [1.165, 1.54) is 6.92 Å². The van der Waals surface area contributed by atoms with E-state index in [2.05, 4.69) is 10.3 Å². The summed E-state index contributed by atoms with van der Waals surface area (Å²) in [4.78, 5) is 16.1. The minimum Gasteiger partial charge on any atom is -0.473 e. The Morgan fingerprint density at radius 2 is 1.92 bits per heavy atom. The molecule has 2 aromatic rings. The van der Waals surface area contributed by atoms with Crippen molar-refractivity contribution in [2.75, 3.05) is 6.26 Å². The number of nitrogens with zero attached hydrogens (tertiary/aromatic N) is 1. The number of hydrogen-bond acceptors (Lipinski definition) is 5. The molecule has 1 aromatic heterocycles. The van der Waals surface area contributed by atoms with Gasteiger partial charge in [0, 0.05) is 24.6 Å². The maximum Gasteiger partial charge on any atom is 0.238 e. The molecule has 0 aliphatic carbocycles. The van der Waals surface area contributed by atoms with Crippen LogP contribution in [0.4, 0.5) is 0 Å². The SMILES string of the molecule is C[C@H](C(=O)NCc1cccnc1OCc1ccccc1)S(C)(=O)=O. The number of pyridine rings is 1. The van der Waals surface area contributed by atoms with Crippen LogP contribution in [0.5, 0.6) is 5.88 Å². The van der Waals surface area contributed by atoms with Crippen molar-refractivity contribution in [3.05, 3.63) is 59.8 Å². The molecule has 0 unspecified atom stereocenters. The van der Waals surface area contributed by atoms with Gasteiger partial charge < -0.3 is 10.1 Å². The predicted molar refractivity (Wildman–Crippen MR) is 91.2 cm³/mol. The van der Waals surface area contributed by atoms with Crippen LogP contribution in [0.2, 0.25) is 0 Å². The van der Waals surface area contributed by atoms with Gasteiger partial charge >= 0.3 is 0 Å². The molecular weight excluding hydrogens is 328 g/mol. The van der Waals surface area contributed by atoms with E-state index in [9.17, 15) is 13.2 Å². The van der Waals surface area contributed by atoms with Gasteiger partial charge in [0.2, 0.25) is 11.8 Å². The van der Waals surface area contributed by atoms with Gasteiger partial charge in [-0.25, -0.2) is 13.4 Å². The number of benzene rings is 1. The van der Waals surface area contributed by atoms with Crippen LogP contribution in [-0.4, -0.2) is 30.8 Å². The Labute approximate surface area is 141 Å². The van der Waals surface area contributed by atoms with Crippen molar-refractivity contribution in [2.24, 2.45) is 0 Å². The highest BCUT2D eigenvalue weighted by molar-refractivity contribution is 7.92. The zero-order valence-corrected chi connectivity index (χ0v) is 14.4. The molecule has 6 nitrogen and oxygen atoms in total. The fourth-order valence-electron chi connectivity index (χ4n) is 1.94. The molecule has 0 saturated heterocycles. The minimum absolute atomic E-state index is 0.149. The molecule has 0 aliphatic rings. The fraction of sp³-hybridized carbons (Fsp3) is 0.294. The minimum atomic E-state index is -3.42. The number of ether oxygens (including phenoxy) is 1. The highest BCUT2D eigenvalue weighted by Crippen LogP contribution is 2.16. The van der Waals surface area contributed by atoms with E-state index < -0.39 is 21.0 Å². The summed E-state index contributed by atoms with van der Waals surface area (Å²) in [5, 5.41) is 1.51. The van der Waals surface area contributed by atoms with Gasteiger partial charge in [-0.3, -0.25) is 4.79 Å². The van der Waals surface area contributed by atoms with Crippen molar-refractivity contribution in [1.29, 1.82) is 0 Å². The van der Waals surface area contributed by atoms with E-state index in [1.807, 2.05) is 30.3 Å². The number of nitrogens with one attached hydrogen (secondary N) is 1. The Balaban J connectivity index is 2.00. The van der Waals surface area contributed by atoms with E-state index in [0.29, 0.717) is 18.1 Å². The molecule has 2 rings (SSSR count). The van der Waals surface area contributed by atoms with Crippen molar-refractivity contribution >= 4 is 15.7 Å². The molecule has 1 amide bonds. The van der Waals surface area contributed by atoms with Crippen LogP contribution in [0, 0.1) is 0 Å². The van der Waals surface area contributed by atoms with Crippen LogP contribution in [0.1, 0.15) is 18.1 Å². The molecular formula is C17H20N2O4S. The monoisotopic (exact) mass is 348 g/mol. The molecule has 0 spiro atoms. The Morgan fingerprint density at radius 1 is 1.21 bits per heavy atom. The normalized spacial score (nSPS) is 12.4. The zero-order chi connectivity index (χ0) is 17.6. The van der Waals surface area contributed by atoms with Crippen LogP contribution in [0.3, 0.4) is 0 Å². The molecule has 0 radical (unpaired) electrons. The van der Waals surface area contributed by atoms with Crippen LogP contribution < -0.4 is 10.1 Å². The molecule has 1 aromatic carbocycles. The number of sulfone groups is 1. The number of amides is 1. The van der Waals surface area contributed by atoms with E-state index in [1.54, 1.807) is 18.3 Å². The average molecular weight is 348 g/mol. The summed E-state index contributed by atoms with van der Waals surface area (Å²) in [6.45, 7) is 1.87. The van der Waals surface area contributed by atoms with Crippen LogP contribution in [0.25, 0.3) is 0 Å². The van der Waals surface area contributed by atoms with Crippen LogP contribution in [-0.2, 0) is 27.8 Å². The highest BCUT2D eigenvalue weighted by atomic mass is 32.2. The molecule has 7 heteroatoms. The molecule has 1 N–H and O–H groups in total. The van der Waals surface area contributed by atoms with Crippen molar-refractivity contribution in [3.63, 3.8) is 0 Å². The van der Waals surface area contributed by atoms with Gasteiger partial charge in [-0.15, -0.1) is 0 Å². The Hall–Kier alpha value is -2.41. The largest absolute Gasteiger partial charge is 0.473 e. The van der Waals surface area contributed by atoms with Crippen LogP contribution in [0.15, 0.2) is 48.7 Å². The van der Waals surface area contributed by atoms with Gasteiger partial charge in [0.05, 0.1) is 0 Å². The van der Waals surface area contributed by atoms with Gasteiger partial charge in [-0.2, -0.15) is 0 Å². The van der Waals surface area contributed by atoms with Crippen molar-refractivity contribution < 1.29 is 17.9 Å². The van der Waals surface area contributed by atoms with E-state index in [0.717, 1.165) is 11.8 Å². The van der Waals surface area contributed by atoms with E-state index in [4.69, 9.17) is 4.74 Å². The first-order chi connectivity index (χ1) is 11.4. The van der Waals surface area contributed by atoms with Crippen molar-refractivity contribution in [3.8, 4) is 5.88 Å². The van der Waals surface area contributed by atoms with Crippen LogP contribution >= 0.6 is 0 Å². The number of hydrogen-bond donors (Lipinski definition) is 1. The lowest BCUT2D eigenvalue weighted by atomic mass is 10.2. The summed E-state index contributed by atoms with van der Waals surface area (Å²) in [6.07, 6.45) is 2.64. The summed E-state index contributed by atoms with van der Waals surface area (Å²) < 4.78 is 28.5. The molecule has 0 aliphatic heterocycles. The summed E-state index contributed by atoms with van der Waals surface area (Å²) in [6, 6.07) is 13.2. The lowest BCUT2D eigenvalue weighted by Crippen LogP contribution is -2.37.